The Hall–Kier alpha value is -2.08. The summed E-state index contributed by atoms with van der Waals surface area (Å²) in [5, 5.41) is 2.82. The van der Waals surface area contributed by atoms with Crippen molar-refractivity contribution in [1.29, 1.82) is 0 Å². The fourth-order valence-corrected chi connectivity index (χ4v) is 3.26. The van der Waals surface area contributed by atoms with Gasteiger partial charge in [0.1, 0.15) is 0 Å². The lowest BCUT2D eigenvalue weighted by Crippen LogP contribution is -1.84. The zero-order valence-electron chi connectivity index (χ0n) is 11.5. The molecule has 92 valence electrons. The summed E-state index contributed by atoms with van der Waals surface area (Å²) >= 11 is 0. The molecule has 3 aromatic carbocycles. The molecule has 0 N–H and O–H groups in total. The summed E-state index contributed by atoms with van der Waals surface area (Å²) < 4.78 is 0. The van der Waals surface area contributed by atoms with Crippen LogP contribution in [0, 0.1) is 20.8 Å². The Kier molecular flexibility index (Phi) is 1.98. The SMILES string of the molecule is Cc1cc2c(cc1C)-c1ccc(C)c3cccc-2c13. The zero-order valence-corrected chi connectivity index (χ0v) is 11.5. The van der Waals surface area contributed by atoms with Crippen LogP contribution in [-0.4, -0.2) is 0 Å². The van der Waals surface area contributed by atoms with Gasteiger partial charge in [-0.2, -0.15) is 0 Å². The third kappa shape index (κ3) is 1.29. The third-order valence-corrected chi connectivity index (χ3v) is 4.47. The van der Waals surface area contributed by atoms with Crippen LogP contribution < -0.4 is 0 Å². The van der Waals surface area contributed by atoms with Crippen molar-refractivity contribution >= 4 is 10.8 Å². The molecular weight excluding hydrogens is 228 g/mol. The largest absolute Gasteiger partial charge is 0.0610 e. The molecular formula is C19H16. The first-order chi connectivity index (χ1) is 9.16. The van der Waals surface area contributed by atoms with Crippen LogP contribution in [0.1, 0.15) is 16.7 Å². The predicted molar refractivity (Wildman–Crippen MR) is 82.6 cm³/mol. The summed E-state index contributed by atoms with van der Waals surface area (Å²) in [7, 11) is 0. The van der Waals surface area contributed by atoms with Crippen molar-refractivity contribution in [2.24, 2.45) is 0 Å². The Bertz CT molecular complexity index is 803. The second-order valence-electron chi connectivity index (χ2n) is 5.64. The number of fused-ring (bicyclic) bond motifs is 3. The molecule has 0 radical (unpaired) electrons. The van der Waals surface area contributed by atoms with Crippen LogP contribution in [0.4, 0.5) is 0 Å². The van der Waals surface area contributed by atoms with Gasteiger partial charge in [-0.1, -0.05) is 42.5 Å². The van der Waals surface area contributed by atoms with Gasteiger partial charge in [-0.05, 0) is 70.5 Å². The third-order valence-electron chi connectivity index (χ3n) is 4.47. The first-order valence-corrected chi connectivity index (χ1v) is 6.81. The summed E-state index contributed by atoms with van der Waals surface area (Å²) in [5.74, 6) is 0. The van der Waals surface area contributed by atoms with Crippen molar-refractivity contribution in [3.63, 3.8) is 0 Å². The van der Waals surface area contributed by atoms with Crippen molar-refractivity contribution in [3.05, 3.63) is 59.2 Å². The highest BCUT2D eigenvalue weighted by Crippen LogP contribution is 2.48. The average Bonchev–Trinajstić information content (AvgIpc) is 2.70. The maximum Gasteiger partial charge on any atom is -0.00237 e. The summed E-state index contributed by atoms with van der Waals surface area (Å²) in [4.78, 5) is 0. The highest BCUT2D eigenvalue weighted by Gasteiger charge is 2.22. The first-order valence-electron chi connectivity index (χ1n) is 6.81. The summed E-state index contributed by atoms with van der Waals surface area (Å²) in [6, 6.07) is 15.9. The van der Waals surface area contributed by atoms with Gasteiger partial charge >= 0.3 is 0 Å². The van der Waals surface area contributed by atoms with Gasteiger partial charge in [0.25, 0.3) is 0 Å². The molecule has 0 heteroatoms. The van der Waals surface area contributed by atoms with Crippen LogP contribution in [0.2, 0.25) is 0 Å². The van der Waals surface area contributed by atoms with Crippen LogP contribution in [-0.2, 0) is 0 Å². The van der Waals surface area contributed by atoms with Crippen molar-refractivity contribution in [2.75, 3.05) is 0 Å². The topological polar surface area (TPSA) is 0 Å². The van der Waals surface area contributed by atoms with Gasteiger partial charge in [-0.25, -0.2) is 0 Å². The van der Waals surface area contributed by atoms with E-state index in [1.807, 2.05) is 0 Å². The van der Waals surface area contributed by atoms with E-state index >= 15 is 0 Å². The molecule has 0 saturated heterocycles. The first kappa shape index (κ1) is 10.8. The van der Waals surface area contributed by atoms with Crippen LogP contribution >= 0.6 is 0 Å². The standard InChI is InChI=1S/C19H16/c1-11-7-8-16-18-10-13(3)12(2)9-17(18)15-6-4-5-14(11)19(15)16/h4-10H,1-3H3. The van der Waals surface area contributed by atoms with E-state index in [4.69, 9.17) is 0 Å². The number of hydrogen-bond donors (Lipinski definition) is 0. The number of aryl methyl sites for hydroxylation is 3. The molecule has 0 spiro atoms. The van der Waals surface area contributed by atoms with E-state index in [-0.39, 0.29) is 0 Å². The maximum atomic E-state index is 2.34. The normalized spacial score (nSPS) is 11.9. The summed E-state index contributed by atoms with van der Waals surface area (Å²) in [6.45, 7) is 6.59. The fraction of sp³-hybridized carbons (Fsp3) is 0.158. The average molecular weight is 244 g/mol. The highest BCUT2D eigenvalue weighted by atomic mass is 14.2. The second kappa shape index (κ2) is 3.48. The quantitative estimate of drug-likeness (QED) is 0.388. The molecule has 3 aromatic rings. The Balaban J connectivity index is 2.24. The highest BCUT2D eigenvalue weighted by molar-refractivity contribution is 6.16. The lowest BCUT2D eigenvalue weighted by atomic mass is 9.98. The van der Waals surface area contributed by atoms with E-state index in [0.717, 1.165) is 0 Å². The lowest BCUT2D eigenvalue weighted by molar-refractivity contribution is 1.35. The van der Waals surface area contributed by atoms with Crippen molar-refractivity contribution in [2.45, 2.75) is 20.8 Å². The van der Waals surface area contributed by atoms with Crippen molar-refractivity contribution in [3.8, 4) is 22.3 Å². The molecule has 1 aliphatic rings. The van der Waals surface area contributed by atoms with E-state index in [1.54, 1.807) is 0 Å². The molecule has 0 heterocycles. The van der Waals surface area contributed by atoms with Crippen molar-refractivity contribution < 1.29 is 0 Å². The van der Waals surface area contributed by atoms with Crippen LogP contribution in [0.15, 0.2) is 42.5 Å². The lowest BCUT2D eigenvalue weighted by Gasteiger charge is -2.06. The van der Waals surface area contributed by atoms with Gasteiger partial charge in [-0.3, -0.25) is 0 Å². The molecule has 0 saturated carbocycles. The minimum Gasteiger partial charge on any atom is -0.0610 e. The van der Waals surface area contributed by atoms with Gasteiger partial charge < -0.3 is 0 Å². The molecule has 0 amide bonds. The monoisotopic (exact) mass is 244 g/mol. The van der Waals surface area contributed by atoms with Gasteiger partial charge in [0.2, 0.25) is 0 Å². The van der Waals surface area contributed by atoms with E-state index in [9.17, 15) is 0 Å². The van der Waals surface area contributed by atoms with E-state index in [2.05, 4.69) is 63.2 Å². The predicted octanol–water partition coefficient (Wildman–Crippen LogP) is 5.41. The minimum atomic E-state index is 1.36. The van der Waals surface area contributed by atoms with E-state index in [0.29, 0.717) is 0 Å². The Morgan fingerprint density at radius 1 is 0.579 bits per heavy atom. The summed E-state index contributed by atoms with van der Waals surface area (Å²) in [6.07, 6.45) is 0. The number of benzene rings is 3. The Morgan fingerprint density at radius 3 is 1.89 bits per heavy atom. The van der Waals surface area contributed by atoms with Gasteiger partial charge in [-0.15, -0.1) is 0 Å². The van der Waals surface area contributed by atoms with Gasteiger partial charge in [0.05, 0.1) is 0 Å². The molecule has 19 heavy (non-hydrogen) atoms. The molecule has 0 bridgehead atoms. The molecule has 0 nitrogen and oxygen atoms in total. The van der Waals surface area contributed by atoms with E-state index in [1.165, 1.54) is 49.7 Å². The molecule has 1 aliphatic carbocycles. The van der Waals surface area contributed by atoms with Gasteiger partial charge in [0, 0.05) is 0 Å². The molecule has 0 aromatic heterocycles. The summed E-state index contributed by atoms with van der Waals surface area (Å²) in [5.41, 5.74) is 9.70. The second-order valence-corrected chi connectivity index (χ2v) is 5.64. The molecule has 0 fully saturated rings. The molecule has 0 aliphatic heterocycles. The number of rotatable bonds is 0. The minimum absolute atomic E-state index is 1.36. The number of hydrogen-bond acceptors (Lipinski definition) is 0. The maximum absolute atomic E-state index is 2.34. The Labute approximate surface area is 113 Å². The van der Waals surface area contributed by atoms with Crippen LogP contribution in [0.5, 0.6) is 0 Å². The van der Waals surface area contributed by atoms with Crippen LogP contribution in [0.3, 0.4) is 0 Å². The zero-order chi connectivity index (χ0) is 13.1. The van der Waals surface area contributed by atoms with Crippen LogP contribution in [0.25, 0.3) is 33.0 Å². The van der Waals surface area contributed by atoms with Gasteiger partial charge in [0.15, 0.2) is 0 Å². The molecule has 0 unspecified atom stereocenters. The van der Waals surface area contributed by atoms with E-state index < -0.39 is 0 Å². The fourth-order valence-electron chi connectivity index (χ4n) is 3.26. The molecule has 0 atom stereocenters. The Morgan fingerprint density at radius 2 is 1.21 bits per heavy atom. The molecule has 4 rings (SSSR count). The smallest absolute Gasteiger partial charge is 0.00237 e. The van der Waals surface area contributed by atoms with Crippen molar-refractivity contribution in [1.82, 2.24) is 0 Å².